The van der Waals surface area contributed by atoms with Crippen LogP contribution in [0.1, 0.15) is 35.8 Å². The highest BCUT2D eigenvalue weighted by Gasteiger charge is 2.09. The summed E-state index contributed by atoms with van der Waals surface area (Å²) in [7, 11) is 1.63. The lowest BCUT2D eigenvalue weighted by atomic mass is 10.1. The topological polar surface area (TPSA) is 59.0 Å². The summed E-state index contributed by atoms with van der Waals surface area (Å²) in [5.41, 5.74) is 2.69. The van der Waals surface area contributed by atoms with Gasteiger partial charge >= 0.3 is 0 Å². The predicted molar refractivity (Wildman–Crippen MR) is 79.8 cm³/mol. The highest BCUT2D eigenvalue weighted by Crippen LogP contribution is 2.19. The quantitative estimate of drug-likeness (QED) is 0.879. The van der Waals surface area contributed by atoms with Crippen molar-refractivity contribution in [2.45, 2.75) is 26.4 Å². The molecule has 0 bridgehead atoms. The van der Waals surface area contributed by atoms with Crippen molar-refractivity contribution >= 4 is 11.6 Å². The van der Waals surface area contributed by atoms with Crippen LogP contribution < -0.4 is 10.6 Å². The van der Waals surface area contributed by atoms with E-state index < -0.39 is 0 Å². The van der Waals surface area contributed by atoms with E-state index in [0.29, 0.717) is 5.56 Å². The molecular formula is C15H20N4O. The first kappa shape index (κ1) is 14.1. The van der Waals surface area contributed by atoms with E-state index in [-0.39, 0.29) is 11.9 Å². The Kier molecular flexibility index (Phi) is 4.40. The number of anilines is 1. The van der Waals surface area contributed by atoms with Crippen molar-refractivity contribution in [3.63, 3.8) is 0 Å². The average Bonchev–Trinajstić information content (AvgIpc) is 2.95. The van der Waals surface area contributed by atoms with Gasteiger partial charge in [-0.15, -0.1) is 0 Å². The molecule has 0 spiro atoms. The number of benzene rings is 1. The predicted octanol–water partition coefficient (Wildman–Crippen LogP) is 2.44. The molecule has 0 saturated heterocycles. The maximum Gasteiger partial charge on any atom is 0.251 e. The summed E-state index contributed by atoms with van der Waals surface area (Å²) in [5, 5.41) is 10.3. The fourth-order valence-corrected chi connectivity index (χ4v) is 2.00. The summed E-state index contributed by atoms with van der Waals surface area (Å²) < 4.78 is 1.90. The highest BCUT2D eigenvalue weighted by molar-refractivity contribution is 5.94. The van der Waals surface area contributed by atoms with Gasteiger partial charge in [-0.3, -0.25) is 9.48 Å². The lowest BCUT2D eigenvalue weighted by molar-refractivity contribution is 0.0963. The van der Waals surface area contributed by atoms with E-state index >= 15 is 0 Å². The van der Waals surface area contributed by atoms with Crippen molar-refractivity contribution in [3.05, 3.63) is 47.8 Å². The summed E-state index contributed by atoms with van der Waals surface area (Å²) in [6.07, 6.45) is 3.89. The second kappa shape index (κ2) is 6.23. The third-order valence-electron chi connectivity index (χ3n) is 3.21. The van der Waals surface area contributed by atoms with E-state index in [4.69, 9.17) is 0 Å². The minimum atomic E-state index is -0.0832. The molecule has 1 amide bonds. The number of hydrogen-bond acceptors (Lipinski definition) is 3. The Morgan fingerprint density at radius 3 is 2.90 bits per heavy atom. The van der Waals surface area contributed by atoms with Crippen molar-refractivity contribution < 1.29 is 4.79 Å². The summed E-state index contributed by atoms with van der Waals surface area (Å²) >= 11 is 0. The summed E-state index contributed by atoms with van der Waals surface area (Å²) in [6.45, 7) is 4.99. The van der Waals surface area contributed by atoms with Gasteiger partial charge in [-0.2, -0.15) is 5.10 Å². The van der Waals surface area contributed by atoms with E-state index in [1.165, 1.54) is 0 Å². The molecule has 0 aliphatic carbocycles. The molecular weight excluding hydrogens is 252 g/mol. The fraction of sp³-hybridized carbons (Fsp3) is 0.333. The SMILES string of the molecule is CCn1cc(C(C)Nc2cccc(C(=O)NC)c2)cn1. The van der Waals surface area contributed by atoms with Gasteiger partial charge in [0.1, 0.15) is 0 Å². The fourth-order valence-electron chi connectivity index (χ4n) is 2.00. The number of aryl methyl sites for hydroxylation is 1. The zero-order valence-corrected chi connectivity index (χ0v) is 12.1. The number of aromatic nitrogens is 2. The molecule has 5 heteroatoms. The normalized spacial score (nSPS) is 11.9. The zero-order chi connectivity index (χ0) is 14.5. The van der Waals surface area contributed by atoms with Crippen LogP contribution in [0, 0.1) is 0 Å². The van der Waals surface area contributed by atoms with Crippen molar-refractivity contribution in [3.8, 4) is 0 Å². The van der Waals surface area contributed by atoms with Gasteiger partial charge in [0.05, 0.1) is 12.2 Å². The Bertz CT molecular complexity index is 591. The van der Waals surface area contributed by atoms with Crippen LogP contribution in [0.5, 0.6) is 0 Å². The van der Waals surface area contributed by atoms with Crippen molar-refractivity contribution in [1.82, 2.24) is 15.1 Å². The number of amides is 1. The number of rotatable bonds is 5. The molecule has 2 N–H and O–H groups in total. The second-order valence-corrected chi connectivity index (χ2v) is 4.66. The molecule has 5 nitrogen and oxygen atoms in total. The molecule has 1 atom stereocenters. The van der Waals surface area contributed by atoms with Crippen LogP contribution in [-0.4, -0.2) is 22.7 Å². The van der Waals surface area contributed by atoms with Gasteiger partial charge < -0.3 is 10.6 Å². The number of nitrogens with one attached hydrogen (secondary N) is 2. The van der Waals surface area contributed by atoms with Crippen LogP contribution in [0.3, 0.4) is 0 Å². The molecule has 0 radical (unpaired) electrons. The van der Waals surface area contributed by atoms with E-state index in [1.807, 2.05) is 35.3 Å². The van der Waals surface area contributed by atoms with Gasteiger partial charge in [-0.1, -0.05) is 6.07 Å². The van der Waals surface area contributed by atoms with E-state index in [0.717, 1.165) is 17.8 Å². The maximum absolute atomic E-state index is 11.6. The van der Waals surface area contributed by atoms with Crippen molar-refractivity contribution in [2.24, 2.45) is 0 Å². The lowest BCUT2D eigenvalue weighted by Crippen LogP contribution is -2.18. The first-order chi connectivity index (χ1) is 9.63. The van der Waals surface area contributed by atoms with E-state index in [2.05, 4.69) is 29.6 Å². The molecule has 1 heterocycles. The number of carbonyl (C=O) groups is 1. The van der Waals surface area contributed by atoms with Crippen LogP contribution in [0.25, 0.3) is 0 Å². The van der Waals surface area contributed by atoms with E-state index in [9.17, 15) is 4.79 Å². The molecule has 2 rings (SSSR count). The standard InChI is InChI=1S/C15H20N4O/c1-4-19-10-13(9-17-19)11(2)18-14-7-5-6-12(8-14)15(20)16-3/h5-11,18H,4H2,1-3H3,(H,16,20). The lowest BCUT2D eigenvalue weighted by Gasteiger charge is -2.14. The Hall–Kier alpha value is -2.30. The third kappa shape index (κ3) is 3.17. The van der Waals surface area contributed by atoms with Gasteiger partial charge in [-0.25, -0.2) is 0 Å². The van der Waals surface area contributed by atoms with Gasteiger partial charge in [0.2, 0.25) is 0 Å². The molecule has 1 aromatic heterocycles. The van der Waals surface area contributed by atoms with Crippen molar-refractivity contribution in [1.29, 1.82) is 0 Å². The summed E-state index contributed by atoms with van der Waals surface area (Å²) in [4.78, 5) is 11.6. The van der Waals surface area contributed by atoms with Gasteiger partial charge in [0.25, 0.3) is 5.91 Å². The molecule has 1 aromatic carbocycles. The van der Waals surface area contributed by atoms with Gasteiger partial charge in [0.15, 0.2) is 0 Å². The molecule has 0 saturated carbocycles. The average molecular weight is 272 g/mol. The van der Waals surface area contributed by atoms with Crippen LogP contribution in [0.15, 0.2) is 36.7 Å². The molecule has 20 heavy (non-hydrogen) atoms. The Balaban J connectivity index is 2.11. The molecule has 0 aliphatic heterocycles. The Morgan fingerprint density at radius 2 is 2.25 bits per heavy atom. The van der Waals surface area contributed by atoms with Crippen LogP contribution in [-0.2, 0) is 6.54 Å². The molecule has 0 aliphatic rings. The minimum Gasteiger partial charge on any atom is -0.378 e. The van der Waals surface area contributed by atoms with Crippen LogP contribution in [0.2, 0.25) is 0 Å². The number of nitrogens with zero attached hydrogens (tertiary/aromatic N) is 2. The van der Waals surface area contributed by atoms with Crippen molar-refractivity contribution in [2.75, 3.05) is 12.4 Å². The molecule has 2 aromatic rings. The Morgan fingerprint density at radius 1 is 1.45 bits per heavy atom. The Labute approximate surface area is 119 Å². The van der Waals surface area contributed by atoms with Crippen LogP contribution in [0.4, 0.5) is 5.69 Å². The maximum atomic E-state index is 11.6. The van der Waals surface area contributed by atoms with Gasteiger partial charge in [0, 0.05) is 36.6 Å². The molecule has 0 fully saturated rings. The smallest absolute Gasteiger partial charge is 0.251 e. The summed E-state index contributed by atoms with van der Waals surface area (Å²) in [5.74, 6) is -0.0832. The first-order valence-electron chi connectivity index (χ1n) is 6.75. The molecule has 106 valence electrons. The first-order valence-corrected chi connectivity index (χ1v) is 6.75. The van der Waals surface area contributed by atoms with E-state index in [1.54, 1.807) is 13.1 Å². The van der Waals surface area contributed by atoms with Crippen LogP contribution >= 0.6 is 0 Å². The largest absolute Gasteiger partial charge is 0.378 e. The minimum absolute atomic E-state index is 0.0832. The highest BCUT2D eigenvalue weighted by atomic mass is 16.1. The van der Waals surface area contributed by atoms with Gasteiger partial charge in [-0.05, 0) is 32.0 Å². The monoisotopic (exact) mass is 272 g/mol. The molecule has 1 unspecified atom stereocenters. The number of carbonyl (C=O) groups excluding carboxylic acids is 1. The second-order valence-electron chi connectivity index (χ2n) is 4.66. The third-order valence-corrected chi connectivity index (χ3v) is 3.21. The summed E-state index contributed by atoms with van der Waals surface area (Å²) in [6, 6.07) is 7.60. The number of hydrogen-bond donors (Lipinski definition) is 2. The zero-order valence-electron chi connectivity index (χ0n) is 12.1.